The smallest absolute Gasteiger partial charge is 0.243 e. The number of nitrogens with two attached hydrogens (primary N) is 1. The van der Waals surface area contributed by atoms with Crippen molar-refractivity contribution in [2.24, 2.45) is 5.73 Å². The molecule has 6 nitrogen and oxygen atoms in total. The Kier molecular flexibility index (Phi) is 7.01. The fraction of sp³-hybridized carbons (Fsp3) is 0.533. The van der Waals surface area contributed by atoms with Gasteiger partial charge in [0.25, 0.3) is 0 Å². The first-order chi connectivity index (χ1) is 10.4. The third-order valence-corrected chi connectivity index (χ3v) is 5.99. The second kappa shape index (κ2) is 8.10. The molecule has 0 aromatic heterocycles. The summed E-state index contributed by atoms with van der Waals surface area (Å²) in [6, 6.07) is 8.09. The lowest BCUT2D eigenvalue weighted by Gasteiger charge is -2.29. The summed E-state index contributed by atoms with van der Waals surface area (Å²) in [4.78, 5) is 12.4. The molecule has 23 heavy (non-hydrogen) atoms. The maximum absolute atomic E-state index is 12.4. The normalized spacial score (nSPS) is 16.8. The molecule has 0 unspecified atom stereocenters. The minimum Gasteiger partial charge on any atom is -0.348 e. The molecule has 0 bridgehead atoms. The van der Waals surface area contributed by atoms with Crippen LogP contribution in [0.5, 0.6) is 0 Å². The number of carbonyl (C=O) groups is 1. The first-order valence-corrected chi connectivity index (χ1v) is 8.86. The zero-order chi connectivity index (χ0) is 16.2. The highest BCUT2D eigenvalue weighted by molar-refractivity contribution is 7.89. The predicted molar refractivity (Wildman–Crippen MR) is 91.9 cm³/mol. The molecule has 130 valence electrons. The molecule has 8 heteroatoms. The molecule has 1 amide bonds. The number of likely N-dealkylation sites (N-methyl/N-ethyl adjacent to an activating group) is 1. The molecule has 3 N–H and O–H groups in total. The summed E-state index contributed by atoms with van der Waals surface area (Å²) in [5, 5.41) is 2.93. The maximum atomic E-state index is 12.4. The van der Waals surface area contributed by atoms with Crippen LogP contribution in [0.3, 0.4) is 0 Å². The molecule has 1 aliphatic rings. The molecule has 0 heterocycles. The Morgan fingerprint density at radius 2 is 1.83 bits per heavy atom. The minimum atomic E-state index is -3.65. The van der Waals surface area contributed by atoms with Crippen molar-refractivity contribution in [3.8, 4) is 0 Å². The van der Waals surface area contributed by atoms with E-state index in [1.807, 2.05) is 0 Å². The topological polar surface area (TPSA) is 92.5 Å². The number of amides is 1. The number of rotatable bonds is 6. The van der Waals surface area contributed by atoms with E-state index in [1.54, 1.807) is 18.2 Å². The van der Waals surface area contributed by atoms with Gasteiger partial charge in [-0.15, -0.1) is 12.4 Å². The zero-order valence-electron chi connectivity index (χ0n) is 13.2. The number of carbonyl (C=O) groups excluding carboxylic acids is 1. The lowest BCUT2D eigenvalue weighted by Crippen LogP contribution is -2.54. The first-order valence-electron chi connectivity index (χ1n) is 7.42. The molecule has 1 saturated carbocycles. The molecule has 1 aromatic rings. The van der Waals surface area contributed by atoms with Crippen molar-refractivity contribution >= 4 is 28.3 Å². The van der Waals surface area contributed by atoms with Crippen LogP contribution in [0.15, 0.2) is 35.2 Å². The lowest BCUT2D eigenvalue weighted by molar-refractivity contribution is -0.122. The minimum absolute atomic E-state index is 0. The van der Waals surface area contributed by atoms with Crippen LogP contribution in [0.1, 0.15) is 25.7 Å². The Morgan fingerprint density at radius 1 is 1.26 bits per heavy atom. The van der Waals surface area contributed by atoms with E-state index in [4.69, 9.17) is 5.73 Å². The van der Waals surface area contributed by atoms with Crippen molar-refractivity contribution in [1.82, 2.24) is 9.62 Å². The van der Waals surface area contributed by atoms with Gasteiger partial charge in [-0.25, -0.2) is 8.42 Å². The van der Waals surface area contributed by atoms with Crippen molar-refractivity contribution in [2.45, 2.75) is 36.1 Å². The number of nitrogens with one attached hydrogen (secondary N) is 1. The van der Waals surface area contributed by atoms with E-state index < -0.39 is 10.0 Å². The quantitative estimate of drug-likeness (QED) is 0.794. The van der Waals surface area contributed by atoms with Gasteiger partial charge in [-0.05, 0) is 25.0 Å². The Bertz CT molecular complexity index is 616. The molecular weight excluding hydrogens is 338 g/mol. The first kappa shape index (κ1) is 19.9. The molecule has 0 spiro atoms. The summed E-state index contributed by atoms with van der Waals surface area (Å²) in [6.07, 6.45) is 3.78. The average molecular weight is 362 g/mol. The molecule has 1 aromatic carbocycles. The van der Waals surface area contributed by atoms with Gasteiger partial charge in [0.2, 0.25) is 15.9 Å². The maximum Gasteiger partial charge on any atom is 0.243 e. The van der Waals surface area contributed by atoms with Crippen LogP contribution in [-0.2, 0) is 14.8 Å². The van der Waals surface area contributed by atoms with Crippen molar-refractivity contribution in [3.05, 3.63) is 30.3 Å². The van der Waals surface area contributed by atoms with E-state index >= 15 is 0 Å². The molecular formula is C15H24ClN3O3S. The van der Waals surface area contributed by atoms with Gasteiger partial charge in [-0.2, -0.15) is 4.31 Å². The Labute approximate surface area is 143 Å². The number of hydrogen-bond acceptors (Lipinski definition) is 4. The fourth-order valence-corrected chi connectivity index (χ4v) is 3.98. The number of halogens is 1. The van der Waals surface area contributed by atoms with Crippen LogP contribution in [-0.4, -0.2) is 44.3 Å². The van der Waals surface area contributed by atoms with Crippen LogP contribution in [0.2, 0.25) is 0 Å². The van der Waals surface area contributed by atoms with Gasteiger partial charge in [0, 0.05) is 13.6 Å². The van der Waals surface area contributed by atoms with Gasteiger partial charge in [-0.3, -0.25) is 4.79 Å². The molecule has 2 rings (SSSR count). The number of benzene rings is 1. The second-order valence-corrected chi connectivity index (χ2v) is 7.86. The third-order valence-electron chi connectivity index (χ3n) is 4.17. The molecule has 1 aliphatic carbocycles. The Hall–Kier alpha value is -1.15. The highest BCUT2D eigenvalue weighted by atomic mass is 35.5. The SMILES string of the molecule is CN(CC(=O)NC1(CN)CCCC1)S(=O)(=O)c1ccccc1.Cl. The summed E-state index contributed by atoms with van der Waals surface area (Å²) in [5.41, 5.74) is 5.41. The van der Waals surface area contributed by atoms with Gasteiger partial charge in [0.1, 0.15) is 0 Å². The average Bonchev–Trinajstić information content (AvgIpc) is 2.97. The van der Waals surface area contributed by atoms with Gasteiger partial charge >= 0.3 is 0 Å². The molecule has 1 fully saturated rings. The van der Waals surface area contributed by atoms with Gasteiger partial charge in [0.05, 0.1) is 17.0 Å². The summed E-state index contributed by atoms with van der Waals surface area (Å²) in [6.45, 7) is 0.173. The monoisotopic (exact) mass is 361 g/mol. The van der Waals surface area contributed by atoms with Gasteiger partial charge in [0.15, 0.2) is 0 Å². The molecule has 0 radical (unpaired) electrons. The van der Waals surface area contributed by atoms with E-state index in [0.29, 0.717) is 6.54 Å². The predicted octanol–water partition coefficient (Wildman–Crippen LogP) is 1.12. The lowest BCUT2D eigenvalue weighted by atomic mass is 9.98. The van der Waals surface area contributed by atoms with Gasteiger partial charge in [-0.1, -0.05) is 31.0 Å². The van der Waals surface area contributed by atoms with Crippen LogP contribution < -0.4 is 11.1 Å². The Balaban J connectivity index is 0.00000264. The summed E-state index contributed by atoms with van der Waals surface area (Å²) in [7, 11) is -2.24. The van der Waals surface area contributed by atoms with E-state index in [-0.39, 0.29) is 35.3 Å². The van der Waals surface area contributed by atoms with E-state index in [2.05, 4.69) is 5.32 Å². The van der Waals surface area contributed by atoms with E-state index in [1.165, 1.54) is 19.2 Å². The standard InChI is InChI=1S/C15H23N3O3S.ClH/c1-18(22(20,21)13-7-3-2-4-8-13)11-14(19)17-15(12-16)9-5-6-10-15;/h2-4,7-8H,5-6,9-12,16H2,1H3,(H,17,19);1H. The second-order valence-electron chi connectivity index (χ2n) is 5.81. The zero-order valence-corrected chi connectivity index (χ0v) is 14.8. The number of hydrogen-bond donors (Lipinski definition) is 2. The van der Waals surface area contributed by atoms with Crippen LogP contribution in [0.4, 0.5) is 0 Å². The van der Waals surface area contributed by atoms with Crippen LogP contribution in [0.25, 0.3) is 0 Å². The largest absolute Gasteiger partial charge is 0.348 e. The highest BCUT2D eigenvalue weighted by Crippen LogP contribution is 2.28. The van der Waals surface area contributed by atoms with Crippen molar-refractivity contribution in [1.29, 1.82) is 0 Å². The number of nitrogens with zero attached hydrogens (tertiary/aromatic N) is 1. The Morgan fingerprint density at radius 3 is 2.35 bits per heavy atom. The van der Waals surface area contributed by atoms with Crippen LogP contribution >= 0.6 is 12.4 Å². The van der Waals surface area contributed by atoms with Crippen LogP contribution in [0, 0.1) is 0 Å². The van der Waals surface area contributed by atoms with Crippen molar-refractivity contribution in [2.75, 3.05) is 20.1 Å². The summed E-state index contributed by atoms with van der Waals surface area (Å²) >= 11 is 0. The van der Waals surface area contributed by atoms with Crippen molar-refractivity contribution < 1.29 is 13.2 Å². The highest BCUT2D eigenvalue weighted by Gasteiger charge is 2.34. The molecule has 0 aliphatic heterocycles. The van der Waals surface area contributed by atoms with Crippen molar-refractivity contribution in [3.63, 3.8) is 0 Å². The fourth-order valence-electron chi connectivity index (χ4n) is 2.83. The van der Waals surface area contributed by atoms with E-state index in [0.717, 1.165) is 30.0 Å². The molecule has 0 atom stereocenters. The summed E-state index contributed by atoms with van der Waals surface area (Å²) < 4.78 is 25.8. The number of sulfonamides is 1. The molecule has 0 saturated heterocycles. The van der Waals surface area contributed by atoms with E-state index in [9.17, 15) is 13.2 Å². The summed E-state index contributed by atoms with van der Waals surface area (Å²) in [5.74, 6) is -0.311. The third kappa shape index (κ3) is 4.67. The van der Waals surface area contributed by atoms with Gasteiger partial charge < -0.3 is 11.1 Å².